The number of hydrazone groups is 1. The van der Waals surface area contributed by atoms with E-state index in [-0.39, 0.29) is 5.92 Å². The molecular weight excluding hydrogens is 181 g/mol. The topological polar surface area (TPSA) is 38.4 Å². The first-order valence-corrected chi connectivity index (χ1v) is 3.70. The maximum atomic E-state index is 12.0. The summed E-state index contributed by atoms with van der Waals surface area (Å²) in [6, 6.07) is 0. The van der Waals surface area contributed by atoms with Gasteiger partial charge in [-0.2, -0.15) is 18.3 Å². The Balaban J connectivity index is 4.29. The molecule has 0 saturated carbocycles. The van der Waals surface area contributed by atoms with Crippen molar-refractivity contribution in [3.8, 4) is 11.8 Å². The van der Waals surface area contributed by atoms with Gasteiger partial charge < -0.3 is 5.84 Å². The van der Waals surface area contributed by atoms with E-state index in [0.717, 1.165) is 0 Å². The molecule has 0 bridgehead atoms. The van der Waals surface area contributed by atoms with E-state index in [0.29, 0.717) is 0 Å². The zero-order chi connectivity index (χ0) is 10.5. The molecule has 0 unspecified atom stereocenters. The molecule has 74 valence electrons. The maximum Gasteiger partial charge on any atom is 0.432 e. The van der Waals surface area contributed by atoms with Crippen LogP contribution in [0.2, 0.25) is 0 Å². The minimum Gasteiger partial charge on any atom is -0.323 e. The van der Waals surface area contributed by atoms with E-state index in [9.17, 15) is 13.2 Å². The van der Waals surface area contributed by atoms with Crippen LogP contribution in [-0.4, -0.2) is 11.9 Å². The fourth-order valence-corrected chi connectivity index (χ4v) is 0.558. The van der Waals surface area contributed by atoms with Crippen molar-refractivity contribution in [2.75, 3.05) is 0 Å². The van der Waals surface area contributed by atoms with E-state index >= 15 is 0 Å². The van der Waals surface area contributed by atoms with Crippen molar-refractivity contribution in [3.63, 3.8) is 0 Å². The fourth-order valence-electron chi connectivity index (χ4n) is 0.558. The molecule has 0 amide bonds. The van der Waals surface area contributed by atoms with Gasteiger partial charge in [0.2, 0.25) is 0 Å². The molecule has 0 aliphatic heterocycles. The predicted octanol–water partition coefficient (Wildman–Crippen LogP) is 1.91. The van der Waals surface area contributed by atoms with Crippen LogP contribution in [0.25, 0.3) is 0 Å². The first kappa shape index (κ1) is 11.8. The van der Waals surface area contributed by atoms with E-state index in [4.69, 9.17) is 0 Å². The highest BCUT2D eigenvalue weighted by Crippen LogP contribution is 2.18. The average Bonchev–Trinajstić information content (AvgIpc) is 1.95. The van der Waals surface area contributed by atoms with Crippen LogP contribution >= 0.6 is 0 Å². The number of nitrogens with zero attached hydrogens (tertiary/aromatic N) is 1. The van der Waals surface area contributed by atoms with Gasteiger partial charge in [-0.25, -0.2) is 0 Å². The van der Waals surface area contributed by atoms with Gasteiger partial charge in [0, 0.05) is 5.92 Å². The Bertz CT molecular complexity index is 242. The molecule has 2 N–H and O–H groups in total. The smallest absolute Gasteiger partial charge is 0.323 e. The molecule has 0 aromatic heterocycles. The average molecular weight is 192 g/mol. The van der Waals surface area contributed by atoms with Crippen molar-refractivity contribution in [3.05, 3.63) is 0 Å². The highest BCUT2D eigenvalue weighted by atomic mass is 19.4. The third-order valence-electron chi connectivity index (χ3n) is 1.13. The van der Waals surface area contributed by atoms with E-state index in [2.05, 4.69) is 22.8 Å². The molecule has 0 saturated heterocycles. The number of alkyl halides is 3. The largest absolute Gasteiger partial charge is 0.432 e. The number of hydrogen-bond acceptors (Lipinski definition) is 2. The van der Waals surface area contributed by atoms with Crippen molar-refractivity contribution in [2.45, 2.75) is 26.4 Å². The first-order valence-electron chi connectivity index (χ1n) is 3.70. The summed E-state index contributed by atoms with van der Waals surface area (Å²) in [5.74, 6) is 9.58. The molecule has 2 nitrogen and oxygen atoms in total. The van der Waals surface area contributed by atoms with Crippen molar-refractivity contribution >= 4 is 5.71 Å². The third kappa shape index (κ3) is 5.12. The van der Waals surface area contributed by atoms with E-state index in [1.165, 1.54) is 0 Å². The quantitative estimate of drug-likeness (QED) is 0.293. The summed E-state index contributed by atoms with van der Waals surface area (Å²) < 4.78 is 35.9. The molecule has 0 aliphatic rings. The second-order valence-electron chi connectivity index (χ2n) is 2.73. The molecule has 0 rings (SSSR count). The second kappa shape index (κ2) is 4.75. The summed E-state index contributed by atoms with van der Waals surface area (Å²) in [5.41, 5.74) is -1.04. The minimum atomic E-state index is -4.47. The summed E-state index contributed by atoms with van der Waals surface area (Å²) in [6.45, 7) is 3.58. The highest BCUT2D eigenvalue weighted by Gasteiger charge is 2.34. The van der Waals surface area contributed by atoms with Crippen molar-refractivity contribution in [1.82, 2.24) is 0 Å². The fraction of sp³-hybridized carbons (Fsp3) is 0.625. The van der Waals surface area contributed by atoms with Crippen LogP contribution in [0.3, 0.4) is 0 Å². The first-order chi connectivity index (χ1) is 5.88. The van der Waals surface area contributed by atoms with Gasteiger partial charge in [0.1, 0.15) is 0 Å². The summed E-state index contributed by atoms with van der Waals surface area (Å²) >= 11 is 0. The lowest BCUT2D eigenvalue weighted by Crippen LogP contribution is -2.23. The summed E-state index contributed by atoms with van der Waals surface area (Å²) in [7, 11) is 0. The SMILES string of the molecule is CC(C)C#CC/C(=N\N)C(F)(F)F. The Morgan fingerprint density at radius 2 is 2.00 bits per heavy atom. The monoisotopic (exact) mass is 192 g/mol. The molecule has 0 atom stereocenters. The van der Waals surface area contributed by atoms with Crippen LogP contribution in [0.5, 0.6) is 0 Å². The van der Waals surface area contributed by atoms with Crippen LogP contribution in [0.1, 0.15) is 20.3 Å². The molecule has 0 heterocycles. The standard InChI is InChI=1S/C8H11F3N2/c1-6(2)4-3-5-7(13-12)8(9,10)11/h6H,5,12H2,1-2H3/b13-7+. The van der Waals surface area contributed by atoms with Crippen LogP contribution in [0.4, 0.5) is 13.2 Å². The van der Waals surface area contributed by atoms with Gasteiger partial charge in [-0.15, -0.1) is 5.92 Å². The van der Waals surface area contributed by atoms with Crippen LogP contribution in [-0.2, 0) is 0 Å². The highest BCUT2D eigenvalue weighted by molar-refractivity contribution is 5.91. The molecule has 5 heteroatoms. The lowest BCUT2D eigenvalue weighted by molar-refractivity contribution is -0.0600. The number of nitrogens with two attached hydrogens (primary N) is 1. The molecule has 0 aromatic rings. The Morgan fingerprint density at radius 1 is 1.46 bits per heavy atom. The number of halogens is 3. The van der Waals surface area contributed by atoms with Crippen molar-refractivity contribution in [1.29, 1.82) is 0 Å². The number of hydrogen-bond donors (Lipinski definition) is 1. The Kier molecular flexibility index (Phi) is 4.32. The van der Waals surface area contributed by atoms with Crippen LogP contribution < -0.4 is 5.84 Å². The summed E-state index contributed by atoms with van der Waals surface area (Å²) in [5, 5.41) is 2.65. The summed E-state index contributed by atoms with van der Waals surface area (Å²) in [6.07, 6.45) is -4.92. The van der Waals surface area contributed by atoms with Gasteiger partial charge in [-0.1, -0.05) is 19.8 Å². The van der Waals surface area contributed by atoms with E-state index in [1.54, 1.807) is 13.8 Å². The van der Waals surface area contributed by atoms with Crippen LogP contribution in [0.15, 0.2) is 5.10 Å². The molecular formula is C8H11F3N2. The lowest BCUT2D eigenvalue weighted by atomic mass is 10.2. The van der Waals surface area contributed by atoms with Gasteiger partial charge in [-0.3, -0.25) is 0 Å². The second-order valence-corrected chi connectivity index (χ2v) is 2.73. The lowest BCUT2D eigenvalue weighted by Gasteiger charge is -2.04. The molecule has 0 spiro atoms. The molecule has 0 aromatic carbocycles. The Labute approximate surface area is 75.0 Å². The van der Waals surface area contributed by atoms with Gasteiger partial charge in [0.05, 0.1) is 6.42 Å². The van der Waals surface area contributed by atoms with E-state index < -0.39 is 18.3 Å². The van der Waals surface area contributed by atoms with E-state index in [1.807, 2.05) is 0 Å². The van der Waals surface area contributed by atoms with Gasteiger partial charge in [0.25, 0.3) is 0 Å². The Hall–Kier alpha value is -1.18. The van der Waals surface area contributed by atoms with Crippen molar-refractivity contribution < 1.29 is 13.2 Å². The summed E-state index contributed by atoms with van der Waals surface area (Å²) in [4.78, 5) is 0. The molecule has 0 radical (unpaired) electrons. The third-order valence-corrected chi connectivity index (χ3v) is 1.13. The zero-order valence-corrected chi connectivity index (χ0v) is 7.44. The van der Waals surface area contributed by atoms with Gasteiger partial charge in [-0.05, 0) is 0 Å². The van der Waals surface area contributed by atoms with Gasteiger partial charge >= 0.3 is 6.18 Å². The number of rotatable bonds is 1. The molecule has 0 fully saturated rings. The molecule has 0 aliphatic carbocycles. The van der Waals surface area contributed by atoms with Crippen molar-refractivity contribution in [2.24, 2.45) is 16.9 Å². The van der Waals surface area contributed by atoms with Crippen LogP contribution in [0, 0.1) is 17.8 Å². The Morgan fingerprint density at radius 3 is 2.31 bits per heavy atom. The minimum absolute atomic E-state index is 0.0484. The predicted molar refractivity (Wildman–Crippen MR) is 44.9 cm³/mol. The zero-order valence-electron chi connectivity index (χ0n) is 7.44. The normalized spacial score (nSPS) is 12.6. The molecule has 13 heavy (non-hydrogen) atoms. The van der Waals surface area contributed by atoms with Gasteiger partial charge in [0.15, 0.2) is 5.71 Å². The maximum absolute atomic E-state index is 12.0.